The van der Waals surface area contributed by atoms with Gasteiger partial charge in [-0.3, -0.25) is 0 Å². The second-order valence-electron chi connectivity index (χ2n) is 15.3. The summed E-state index contributed by atoms with van der Waals surface area (Å²) in [4.78, 5) is 13.8. The van der Waals surface area contributed by atoms with E-state index in [1.165, 1.54) is 159 Å². The molecule has 0 aliphatic carbocycles. The van der Waals surface area contributed by atoms with Crippen molar-refractivity contribution in [3.8, 4) is 0 Å². The third-order valence-corrected chi connectivity index (χ3v) is 12.9. The number of hydrogen-bond acceptors (Lipinski definition) is 2. The second kappa shape index (κ2) is 28.9. The lowest BCUT2D eigenvalue weighted by molar-refractivity contribution is -0.302. The van der Waals surface area contributed by atoms with E-state index in [0.717, 1.165) is 6.92 Å². The van der Waals surface area contributed by atoms with Crippen LogP contribution in [0.2, 0.25) is 0 Å². The van der Waals surface area contributed by atoms with E-state index in [2.05, 4.69) is 96.1 Å². The van der Waals surface area contributed by atoms with Gasteiger partial charge in [-0.1, -0.05) is 161 Å². The molecule has 0 radical (unpaired) electrons. The molecule has 0 heterocycles. The summed E-state index contributed by atoms with van der Waals surface area (Å²) in [5.41, 5.74) is 9.90. The van der Waals surface area contributed by atoms with Gasteiger partial charge >= 0.3 is 0 Å². The Morgan fingerprint density at radius 3 is 0.981 bits per heavy atom. The number of aryl methyl sites for hydroxylation is 6. The van der Waals surface area contributed by atoms with Crippen LogP contribution in [0.15, 0.2) is 69.3 Å². The summed E-state index contributed by atoms with van der Waals surface area (Å²) in [6, 6.07) is 22.6. The lowest BCUT2D eigenvalue weighted by Crippen LogP contribution is -2.17. The van der Waals surface area contributed by atoms with E-state index in [0.29, 0.717) is 0 Å². The van der Waals surface area contributed by atoms with Crippen molar-refractivity contribution in [2.45, 2.75) is 217 Å². The van der Waals surface area contributed by atoms with Crippen molar-refractivity contribution in [1.29, 1.82) is 0 Å². The average molecular weight is 743 g/mol. The molecule has 3 rings (SSSR count). The molecule has 0 spiro atoms. The first-order valence-corrected chi connectivity index (χ1v) is 23.3. The van der Waals surface area contributed by atoms with Crippen molar-refractivity contribution in [2.24, 2.45) is 0 Å². The number of benzene rings is 3. The minimum atomic E-state index is -1.08. The molecule has 2 nitrogen and oxygen atoms in total. The van der Waals surface area contributed by atoms with Crippen LogP contribution in [0.4, 0.5) is 0 Å². The van der Waals surface area contributed by atoms with Crippen molar-refractivity contribution in [3.05, 3.63) is 88.0 Å². The fourth-order valence-corrected chi connectivity index (χ4v) is 10.3. The molecule has 0 bridgehead atoms. The zero-order valence-electron chi connectivity index (χ0n) is 35.4. The van der Waals surface area contributed by atoms with E-state index in [1.807, 2.05) is 0 Å². The summed E-state index contributed by atoms with van der Waals surface area (Å²) in [6.45, 7) is 15.1. The van der Waals surface area contributed by atoms with Crippen LogP contribution in [0.5, 0.6) is 0 Å². The number of carboxylic acid groups (broad SMARTS) is 1. The summed E-state index contributed by atoms with van der Waals surface area (Å²) >= 11 is 0. The van der Waals surface area contributed by atoms with Crippen LogP contribution in [-0.2, 0) is 54.2 Å². The van der Waals surface area contributed by atoms with Gasteiger partial charge in [-0.2, -0.15) is 0 Å². The number of unbranched alkanes of at least 4 members (excludes halogenated alkanes) is 12. The first kappa shape index (κ1) is 46.6. The van der Waals surface area contributed by atoms with Gasteiger partial charge in [-0.05, 0) is 107 Å². The molecule has 0 aliphatic heterocycles. The van der Waals surface area contributed by atoms with Gasteiger partial charge in [0.2, 0.25) is 0 Å². The summed E-state index contributed by atoms with van der Waals surface area (Å²) in [7, 11) is -0.114. The number of hydrogen-bond donors (Lipinski definition) is 0. The maximum atomic E-state index is 8.89. The molecule has 0 amide bonds. The maximum absolute atomic E-state index is 8.89. The van der Waals surface area contributed by atoms with Crippen LogP contribution in [0.3, 0.4) is 0 Å². The van der Waals surface area contributed by atoms with E-state index >= 15 is 0 Å². The molecule has 0 saturated heterocycles. The van der Waals surface area contributed by atoms with Gasteiger partial charge in [-0.25, -0.2) is 0 Å². The molecule has 0 atom stereocenters. The zero-order chi connectivity index (χ0) is 38.7. The molecular weight excluding hydrogens is 665 g/mol. The van der Waals surface area contributed by atoms with Crippen molar-refractivity contribution in [3.63, 3.8) is 0 Å². The summed E-state index contributed by atoms with van der Waals surface area (Å²) in [6.07, 6.45) is 30.8. The number of rotatable bonds is 27. The summed E-state index contributed by atoms with van der Waals surface area (Å²) in [5, 5.41) is 8.89. The van der Waals surface area contributed by atoms with Gasteiger partial charge in [0.1, 0.15) is 10.9 Å². The molecule has 3 heteroatoms. The first-order valence-electron chi connectivity index (χ1n) is 22.1. The lowest BCUT2D eigenvalue weighted by Gasteiger charge is -2.22. The molecule has 3 aromatic rings. The molecule has 0 N–H and O–H groups in total. The zero-order valence-corrected chi connectivity index (χ0v) is 36.2. The minimum Gasteiger partial charge on any atom is -0.550 e. The van der Waals surface area contributed by atoms with Crippen LogP contribution in [0.25, 0.3) is 0 Å². The topological polar surface area (TPSA) is 40.1 Å². The maximum Gasteiger partial charge on any atom is 0.172 e. The molecule has 0 aliphatic rings. The Kier molecular flexibility index (Phi) is 25.4. The van der Waals surface area contributed by atoms with Gasteiger partial charge in [0.05, 0.1) is 0 Å². The largest absolute Gasteiger partial charge is 0.550 e. The molecule has 0 fully saturated rings. The molecular formula is C50H78O2S. The highest BCUT2D eigenvalue weighted by atomic mass is 32.2. The third-order valence-electron chi connectivity index (χ3n) is 10.3. The van der Waals surface area contributed by atoms with Crippen LogP contribution in [0, 0.1) is 0 Å². The van der Waals surface area contributed by atoms with Crippen molar-refractivity contribution in [2.75, 3.05) is 0 Å². The molecule has 53 heavy (non-hydrogen) atoms. The van der Waals surface area contributed by atoms with E-state index in [1.54, 1.807) is 43.2 Å². The fraction of sp³-hybridized carbons (Fsp3) is 0.620. The molecule has 0 aromatic heterocycles. The van der Waals surface area contributed by atoms with Crippen molar-refractivity contribution >= 4 is 16.9 Å². The highest BCUT2D eigenvalue weighted by Gasteiger charge is 2.38. The third kappa shape index (κ3) is 17.7. The first-order chi connectivity index (χ1) is 25.8. The highest BCUT2D eigenvalue weighted by molar-refractivity contribution is 7.97. The van der Waals surface area contributed by atoms with Crippen LogP contribution < -0.4 is 5.11 Å². The van der Waals surface area contributed by atoms with Crippen LogP contribution in [0.1, 0.15) is 197 Å². The summed E-state index contributed by atoms with van der Waals surface area (Å²) < 4.78 is 0. The Morgan fingerprint density at radius 2 is 0.717 bits per heavy atom. The Morgan fingerprint density at radius 1 is 0.453 bits per heavy atom. The number of carboxylic acids is 1. The monoisotopic (exact) mass is 743 g/mol. The number of carbonyl (C=O) groups excluding carboxylic acids is 1. The highest BCUT2D eigenvalue weighted by Crippen LogP contribution is 2.42. The number of aliphatic carboxylic acids is 1. The van der Waals surface area contributed by atoms with E-state index in [9.17, 15) is 0 Å². The smallest absolute Gasteiger partial charge is 0.172 e. The van der Waals surface area contributed by atoms with Gasteiger partial charge in [0, 0.05) is 28.2 Å². The Balaban J connectivity index is 0.00000231. The van der Waals surface area contributed by atoms with Gasteiger partial charge in [-0.15, -0.1) is 0 Å². The standard InChI is InChI=1S/C48H75S.C2H4O2/c1-7-13-20-28-40-36-42(30-22-15-9-3)47(43(37-40)31-23-16-10-4)49(46-34-26-19-27-35-46)48-44(32-24-17-11-5)38-41(29-21-14-8-2)39-45(48)33-25-18-12-6;1-2(3)4/h19,26-27,34-39H,7-18,20-25,28-33H2,1-6H3;1H3,(H,3,4)/q+1;/p-1. The van der Waals surface area contributed by atoms with Crippen molar-refractivity contribution in [1.82, 2.24) is 0 Å². The van der Waals surface area contributed by atoms with Gasteiger partial charge < -0.3 is 9.90 Å². The SMILES string of the molecule is CC(=O)[O-].CCCCCc1cc(CCCCC)c([S+](c2ccccc2)c2c(CCCCC)cc(CCCCC)cc2CCCCC)c(CCCCC)c1. The number of carbonyl (C=O) groups is 1. The van der Waals surface area contributed by atoms with Crippen LogP contribution >= 0.6 is 0 Å². The van der Waals surface area contributed by atoms with E-state index < -0.39 is 5.97 Å². The second-order valence-corrected chi connectivity index (χ2v) is 17.2. The van der Waals surface area contributed by atoms with Gasteiger partial charge in [0.25, 0.3) is 0 Å². The normalized spacial score (nSPS) is 11.2. The van der Waals surface area contributed by atoms with Crippen LogP contribution in [-0.4, -0.2) is 5.97 Å². The van der Waals surface area contributed by atoms with E-state index in [-0.39, 0.29) is 10.9 Å². The van der Waals surface area contributed by atoms with Gasteiger partial charge in [0.15, 0.2) is 14.7 Å². The quantitative estimate of drug-likeness (QED) is 0.0576. The predicted molar refractivity (Wildman–Crippen MR) is 232 cm³/mol. The summed E-state index contributed by atoms with van der Waals surface area (Å²) in [5.74, 6) is -1.08. The minimum absolute atomic E-state index is 0.114. The van der Waals surface area contributed by atoms with E-state index in [4.69, 9.17) is 9.90 Å². The Labute approximate surface area is 330 Å². The molecule has 0 saturated carbocycles. The predicted octanol–water partition coefficient (Wildman–Crippen LogP) is 13.9. The van der Waals surface area contributed by atoms with Crippen molar-refractivity contribution < 1.29 is 9.90 Å². The Bertz CT molecular complexity index is 1250. The fourth-order valence-electron chi connectivity index (χ4n) is 7.52. The molecule has 0 unspecified atom stereocenters. The molecule has 3 aromatic carbocycles. The molecule has 296 valence electrons. The average Bonchev–Trinajstić information content (AvgIpc) is 3.14. The lowest BCUT2D eigenvalue weighted by atomic mass is 9.95. The Hall–Kier alpha value is -2.52.